The molecule has 0 heterocycles. The molecule has 0 aliphatic rings. The Morgan fingerprint density at radius 1 is 0.704 bits per heavy atom. The summed E-state index contributed by atoms with van der Waals surface area (Å²) in [6, 6.07) is -0.430. The Kier molecular flexibility index (Phi) is 14.2. The van der Waals surface area contributed by atoms with Gasteiger partial charge in [0.1, 0.15) is 0 Å². The summed E-state index contributed by atoms with van der Waals surface area (Å²) in [7, 11) is -6.78. The van der Waals surface area contributed by atoms with E-state index in [2.05, 4.69) is 4.98 Å². The second kappa shape index (κ2) is 14.5. The molecule has 0 aromatic carbocycles. The smallest absolute Gasteiger partial charge is 0.357 e. The van der Waals surface area contributed by atoms with E-state index in [4.69, 9.17) is 26.6 Å². The molecule has 27 heavy (non-hydrogen) atoms. The van der Waals surface area contributed by atoms with Gasteiger partial charge in [0.25, 0.3) is 0 Å². The average molecular weight is 427 g/mol. The van der Waals surface area contributed by atoms with E-state index < -0.39 is 24.0 Å². The van der Waals surface area contributed by atoms with Crippen molar-refractivity contribution in [2.24, 2.45) is 0 Å². The third kappa shape index (κ3) is 8.15. The first-order valence-corrected chi connectivity index (χ1v) is 13.3. The molecule has 0 unspecified atom stereocenters. The van der Waals surface area contributed by atoms with Crippen molar-refractivity contribution in [3.63, 3.8) is 0 Å². The van der Waals surface area contributed by atoms with Crippen molar-refractivity contribution < 1.29 is 31.4 Å². The van der Waals surface area contributed by atoms with Crippen LogP contribution < -0.4 is 4.98 Å². The lowest BCUT2D eigenvalue weighted by molar-refractivity contribution is 0.0248. The zero-order chi connectivity index (χ0) is 20.8. The van der Waals surface area contributed by atoms with Crippen molar-refractivity contribution in [2.75, 3.05) is 46.2 Å². The molecule has 0 fully saturated rings. The summed E-state index contributed by atoms with van der Waals surface area (Å²) in [4.78, 5) is 16.1. The van der Waals surface area contributed by atoms with Gasteiger partial charge in [0, 0.05) is 46.2 Å². The van der Waals surface area contributed by atoms with Gasteiger partial charge in [-0.2, -0.15) is 0 Å². The lowest BCUT2D eigenvalue weighted by Crippen LogP contribution is -2.70. The summed E-state index contributed by atoms with van der Waals surface area (Å²) in [5.74, 6) is 0. The Balaban J connectivity index is 5.80. The maximum Gasteiger partial charge on any atom is 0.637 e. The highest BCUT2D eigenvalue weighted by molar-refractivity contribution is 6.64. The average Bonchev–Trinajstić information content (AvgIpc) is 2.60. The second-order valence-corrected chi connectivity index (χ2v) is 9.94. The van der Waals surface area contributed by atoms with Crippen molar-refractivity contribution in [1.29, 1.82) is 0 Å². The van der Waals surface area contributed by atoms with E-state index in [1.54, 1.807) is 0 Å². The fourth-order valence-electron chi connectivity index (χ4n) is 2.49. The highest BCUT2D eigenvalue weighted by Gasteiger charge is 2.54. The minimum absolute atomic E-state index is 0.352. The van der Waals surface area contributed by atoms with E-state index in [9.17, 15) is 4.79 Å². The number of rotatable bonds is 16. The van der Waals surface area contributed by atoms with Gasteiger partial charge in [0.2, 0.25) is 0 Å². The normalized spacial score (nSPS) is 12.3. The topological polar surface area (TPSA) is 87.7 Å². The van der Waals surface area contributed by atoms with Crippen molar-refractivity contribution in [1.82, 2.24) is 9.55 Å². The molecule has 162 valence electrons. The molecular weight excluding hydrogens is 388 g/mol. The SMILES string of the molecule is CCCN(C(=O)N[Si](OCC)(OCC)OCC)[Si](OCC)(OCC)OCC. The molecule has 0 aromatic rings. The lowest BCUT2D eigenvalue weighted by atomic mass is 10.5. The van der Waals surface area contributed by atoms with Crippen LogP contribution in [0.15, 0.2) is 0 Å². The maximum atomic E-state index is 13.2. The third-order valence-corrected chi connectivity index (χ3v) is 8.84. The summed E-state index contributed by atoms with van der Waals surface area (Å²) in [6.45, 7) is 15.6. The number of nitrogens with zero attached hydrogens (tertiary/aromatic N) is 1. The van der Waals surface area contributed by atoms with E-state index in [1.807, 2.05) is 48.5 Å². The standard InChI is InChI=1S/C16H38N2O7Si2/c1-8-15-18(27(23-12-5,24-13-6)25-14-7)16(19)17-26(20-9-2,21-10-3)22-11-4/h8-15H2,1-7H3,(H,17,19). The van der Waals surface area contributed by atoms with Gasteiger partial charge in [0.15, 0.2) is 0 Å². The molecule has 0 aromatic heterocycles. The molecule has 0 radical (unpaired) electrons. The summed E-state index contributed by atoms with van der Waals surface area (Å²) < 4.78 is 36.4. The summed E-state index contributed by atoms with van der Waals surface area (Å²) in [6.07, 6.45) is 0.710. The van der Waals surface area contributed by atoms with Gasteiger partial charge in [-0.25, -0.2) is 0 Å². The molecule has 2 amide bonds. The Hall–Kier alpha value is -0.536. The predicted molar refractivity (Wildman–Crippen MR) is 107 cm³/mol. The van der Waals surface area contributed by atoms with Gasteiger partial charge >= 0.3 is 24.0 Å². The Morgan fingerprint density at radius 2 is 1.07 bits per heavy atom. The van der Waals surface area contributed by atoms with Crippen LogP contribution in [0.4, 0.5) is 4.79 Å². The van der Waals surface area contributed by atoms with Gasteiger partial charge in [-0.1, -0.05) is 6.92 Å². The van der Waals surface area contributed by atoms with E-state index >= 15 is 0 Å². The highest BCUT2D eigenvalue weighted by atomic mass is 28.4. The van der Waals surface area contributed by atoms with Crippen LogP contribution in [0.1, 0.15) is 54.9 Å². The molecule has 0 aliphatic heterocycles. The molecule has 0 rings (SSSR count). The van der Waals surface area contributed by atoms with Crippen LogP contribution >= 0.6 is 0 Å². The number of amides is 2. The predicted octanol–water partition coefficient (Wildman–Crippen LogP) is 2.50. The van der Waals surface area contributed by atoms with E-state index in [1.165, 1.54) is 4.57 Å². The Labute approximate surface area is 166 Å². The zero-order valence-corrected chi connectivity index (χ0v) is 20.0. The molecule has 0 bridgehead atoms. The number of hydrogen-bond donors (Lipinski definition) is 1. The van der Waals surface area contributed by atoms with Gasteiger partial charge in [0.05, 0.1) is 0 Å². The number of carbonyl (C=O) groups excluding carboxylic acids is 1. The summed E-state index contributed by atoms with van der Waals surface area (Å²) in [5.41, 5.74) is 0. The van der Waals surface area contributed by atoms with Crippen molar-refractivity contribution in [3.05, 3.63) is 0 Å². The van der Waals surface area contributed by atoms with Crippen LogP contribution in [0.25, 0.3) is 0 Å². The molecule has 0 saturated heterocycles. The zero-order valence-electron chi connectivity index (χ0n) is 18.0. The monoisotopic (exact) mass is 426 g/mol. The van der Waals surface area contributed by atoms with Crippen LogP contribution in [0, 0.1) is 0 Å². The number of hydrogen-bond acceptors (Lipinski definition) is 7. The minimum Gasteiger partial charge on any atom is -0.357 e. The largest absolute Gasteiger partial charge is 0.637 e. The van der Waals surface area contributed by atoms with Gasteiger partial charge in [-0.3, -0.25) is 14.3 Å². The van der Waals surface area contributed by atoms with Gasteiger partial charge in [-0.15, -0.1) is 0 Å². The van der Waals surface area contributed by atoms with E-state index in [-0.39, 0.29) is 0 Å². The van der Waals surface area contributed by atoms with Crippen molar-refractivity contribution in [3.8, 4) is 0 Å². The first kappa shape index (κ1) is 26.5. The highest BCUT2D eigenvalue weighted by Crippen LogP contribution is 2.19. The maximum absolute atomic E-state index is 13.2. The van der Waals surface area contributed by atoms with Gasteiger partial charge < -0.3 is 26.6 Å². The fourth-order valence-corrected chi connectivity index (χ4v) is 7.22. The van der Waals surface area contributed by atoms with Crippen molar-refractivity contribution in [2.45, 2.75) is 54.9 Å². The molecule has 9 nitrogen and oxygen atoms in total. The lowest BCUT2D eigenvalue weighted by Gasteiger charge is -2.38. The van der Waals surface area contributed by atoms with Crippen LogP contribution in [-0.2, 0) is 26.6 Å². The first-order valence-electron chi connectivity index (χ1n) is 9.87. The van der Waals surface area contributed by atoms with E-state index in [0.717, 1.165) is 0 Å². The second-order valence-electron chi connectivity index (χ2n) is 5.26. The number of carbonyl (C=O) groups is 1. The summed E-state index contributed by atoms with van der Waals surface area (Å²) >= 11 is 0. The molecule has 0 spiro atoms. The molecule has 1 N–H and O–H groups in total. The first-order chi connectivity index (χ1) is 12.9. The fraction of sp³-hybridized carbons (Fsp3) is 0.938. The molecular formula is C16H38N2O7Si2. The molecule has 0 saturated carbocycles. The number of nitrogens with one attached hydrogen (secondary N) is 1. The Bertz CT molecular complexity index is 371. The number of urea groups is 1. The van der Waals surface area contributed by atoms with E-state index in [0.29, 0.717) is 52.6 Å². The van der Waals surface area contributed by atoms with Gasteiger partial charge in [-0.05, 0) is 48.0 Å². The van der Waals surface area contributed by atoms with Crippen LogP contribution in [-0.4, -0.2) is 74.7 Å². The molecule has 11 heteroatoms. The molecule has 0 aliphatic carbocycles. The Morgan fingerprint density at radius 3 is 1.37 bits per heavy atom. The minimum atomic E-state index is -3.40. The summed E-state index contributed by atoms with van der Waals surface area (Å²) in [5, 5.41) is 0. The van der Waals surface area contributed by atoms with Crippen LogP contribution in [0.2, 0.25) is 0 Å². The quantitative estimate of drug-likeness (QED) is 0.379. The van der Waals surface area contributed by atoms with Crippen molar-refractivity contribution >= 4 is 24.0 Å². The van der Waals surface area contributed by atoms with Crippen LogP contribution in [0.5, 0.6) is 0 Å². The van der Waals surface area contributed by atoms with Crippen LogP contribution in [0.3, 0.4) is 0 Å². The molecule has 0 atom stereocenters. The third-order valence-electron chi connectivity index (χ3n) is 3.27.